The highest BCUT2D eigenvalue weighted by Crippen LogP contribution is 2.04. The molecule has 0 fully saturated rings. The zero-order chi connectivity index (χ0) is 13.8. The van der Waals surface area contributed by atoms with Gasteiger partial charge in [0.2, 0.25) is 0 Å². The molecule has 0 aliphatic rings. The highest BCUT2D eigenvalue weighted by Gasteiger charge is 1.94. The normalized spacial score (nSPS) is 11.5. The fourth-order valence-corrected chi connectivity index (χ4v) is 1.85. The molecule has 0 amide bonds. The van der Waals surface area contributed by atoms with E-state index in [1.54, 1.807) is 6.20 Å². The lowest BCUT2D eigenvalue weighted by Gasteiger charge is -2.05. The third kappa shape index (κ3) is 8.19. The number of nitrogens with zero attached hydrogens (tertiary/aromatic N) is 2. The average Bonchev–Trinajstić information content (AvgIpc) is 2.45. The monoisotopic (exact) mass is 262 g/mol. The summed E-state index contributed by atoms with van der Waals surface area (Å²) in [6.07, 6.45) is 11.3. The number of hydrogen-bond donors (Lipinski definition) is 2. The molecule has 1 heterocycles. The number of guanidine groups is 1. The van der Waals surface area contributed by atoms with Crippen molar-refractivity contribution in [1.29, 1.82) is 0 Å². The van der Waals surface area contributed by atoms with Gasteiger partial charge < -0.3 is 11.1 Å². The lowest BCUT2D eigenvalue weighted by atomic mass is 10.1. The maximum atomic E-state index is 5.80. The highest BCUT2D eigenvalue weighted by atomic mass is 15.1. The van der Waals surface area contributed by atoms with Gasteiger partial charge in [0.05, 0.1) is 6.54 Å². The van der Waals surface area contributed by atoms with Crippen molar-refractivity contribution in [3.05, 3.63) is 30.1 Å². The molecule has 0 saturated heterocycles. The second-order valence-corrected chi connectivity index (χ2v) is 4.76. The molecular weight excluding hydrogens is 236 g/mol. The van der Waals surface area contributed by atoms with Crippen molar-refractivity contribution >= 4 is 5.96 Å². The smallest absolute Gasteiger partial charge is 0.188 e. The van der Waals surface area contributed by atoms with Crippen LogP contribution in [0.1, 0.15) is 51.0 Å². The van der Waals surface area contributed by atoms with Crippen LogP contribution >= 0.6 is 0 Å². The van der Waals surface area contributed by atoms with E-state index in [-0.39, 0.29) is 0 Å². The molecule has 0 saturated carbocycles. The maximum Gasteiger partial charge on any atom is 0.188 e. The van der Waals surface area contributed by atoms with Gasteiger partial charge in [0, 0.05) is 18.9 Å². The molecule has 0 radical (unpaired) electrons. The van der Waals surface area contributed by atoms with Crippen molar-refractivity contribution in [3.63, 3.8) is 0 Å². The summed E-state index contributed by atoms with van der Waals surface area (Å²) in [4.78, 5) is 8.33. The van der Waals surface area contributed by atoms with Gasteiger partial charge in [0.15, 0.2) is 5.96 Å². The van der Waals surface area contributed by atoms with E-state index in [9.17, 15) is 0 Å². The zero-order valence-electron chi connectivity index (χ0n) is 11.9. The molecule has 0 aromatic carbocycles. The van der Waals surface area contributed by atoms with Gasteiger partial charge in [0.1, 0.15) is 0 Å². The number of pyridine rings is 1. The molecule has 0 aliphatic heterocycles. The quantitative estimate of drug-likeness (QED) is 0.408. The predicted octanol–water partition coefficient (Wildman–Crippen LogP) is 2.85. The minimum absolute atomic E-state index is 0.525. The Kier molecular flexibility index (Phi) is 8.43. The summed E-state index contributed by atoms with van der Waals surface area (Å²) in [7, 11) is 0. The van der Waals surface area contributed by atoms with Crippen LogP contribution in [-0.2, 0) is 6.54 Å². The molecule has 1 aromatic rings. The first kappa shape index (κ1) is 15.5. The van der Waals surface area contributed by atoms with E-state index >= 15 is 0 Å². The molecular formula is C15H26N4. The van der Waals surface area contributed by atoms with Crippen LogP contribution in [0.5, 0.6) is 0 Å². The minimum Gasteiger partial charge on any atom is -0.370 e. The van der Waals surface area contributed by atoms with Crippen molar-refractivity contribution in [2.24, 2.45) is 10.7 Å². The predicted molar refractivity (Wildman–Crippen MR) is 80.9 cm³/mol. The lowest BCUT2D eigenvalue weighted by molar-refractivity contribution is 0.601. The van der Waals surface area contributed by atoms with Gasteiger partial charge in [0.25, 0.3) is 0 Å². The zero-order valence-corrected chi connectivity index (χ0v) is 11.9. The fourth-order valence-electron chi connectivity index (χ4n) is 1.85. The topological polar surface area (TPSA) is 63.3 Å². The van der Waals surface area contributed by atoms with Crippen molar-refractivity contribution in [3.8, 4) is 0 Å². The standard InChI is InChI=1S/C15H26N4/c1-2-3-4-5-6-7-11-18-15(16)19-13-14-9-8-10-17-12-14/h8-10,12H,2-7,11,13H2,1H3,(H3,16,18,19). The molecule has 106 valence electrons. The fraction of sp³-hybridized carbons (Fsp3) is 0.600. The van der Waals surface area contributed by atoms with Crippen LogP contribution < -0.4 is 11.1 Å². The van der Waals surface area contributed by atoms with E-state index in [0.717, 1.165) is 18.5 Å². The molecule has 0 spiro atoms. The number of nitrogens with two attached hydrogens (primary N) is 1. The van der Waals surface area contributed by atoms with Gasteiger partial charge in [-0.3, -0.25) is 4.98 Å². The third-order valence-corrected chi connectivity index (χ3v) is 2.99. The van der Waals surface area contributed by atoms with Crippen molar-refractivity contribution in [1.82, 2.24) is 10.3 Å². The van der Waals surface area contributed by atoms with Crippen LogP contribution in [0.15, 0.2) is 29.5 Å². The molecule has 4 nitrogen and oxygen atoms in total. The molecule has 3 N–H and O–H groups in total. The van der Waals surface area contributed by atoms with Crippen molar-refractivity contribution in [2.45, 2.75) is 52.0 Å². The Morgan fingerprint density at radius 3 is 2.79 bits per heavy atom. The SMILES string of the molecule is CCCCCCCCNC(N)=NCc1cccnc1. The van der Waals surface area contributed by atoms with Crippen LogP contribution in [0.4, 0.5) is 0 Å². The van der Waals surface area contributed by atoms with Gasteiger partial charge in [-0.25, -0.2) is 4.99 Å². The molecule has 0 atom stereocenters. The van der Waals surface area contributed by atoms with E-state index < -0.39 is 0 Å². The number of aromatic nitrogens is 1. The minimum atomic E-state index is 0.525. The van der Waals surface area contributed by atoms with Gasteiger partial charge in [-0.2, -0.15) is 0 Å². The number of aliphatic imine (C=N–C) groups is 1. The van der Waals surface area contributed by atoms with E-state index in [0.29, 0.717) is 12.5 Å². The van der Waals surface area contributed by atoms with Gasteiger partial charge in [-0.05, 0) is 18.1 Å². The van der Waals surface area contributed by atoms with E-state index in [1.807, 2.05) is 18.3 Å². The van der Waals surface area contributed by atoms with Crippen LogP contribution in [0.25, 0.3) is 0 Å². The number of nitrogens with one attached hydrogen (secondary N) is 1. The Bertz CT molecular complexity index is 348. The average molecular weight is 262 g/mol. The number of hydrogen-bond acceptors (Lipinski definition) is 2. The van der Waals surface area contributed by atoms with Crippen LogP contribution in [0.3, 0.4) is 0 Å². The van der Waals surface area contributed by atoms with Gasteiger partial charge in [-0.1, -0.05) is 45.1 Å². The van der Waals surface area contributed by atoms with Crippen LogP contribution in [0, 0.1) is 0 Å². The molecule has 0 bridgehead atoms. The van der Waals surface area contributed by atoms with E-state index in [2.05, 4.69) is 22.2 Å². The Morgan fingerprint density at radius 1 is 1.26 bits per heavy atom. The van der Waals surface area contributed by atoms with Gasteiger partial charge >= 0.3 is 0 Å². The third-order valence-electron chi connectivity index (χ3n) is 2.99. The Labute approximate surface area is 116 Å². The molecule has 19 heavy (non-hydrogen) atoms. The highest BCUT2D eigenvalue weighted by molar-refractivity contribution is 5.77. The molecule has 0 unspecified atom stereocenters. The van der Waals surface area contributed by atoms with Crippen molar-refractivity contribution in [2.75, 3.05) is 6.54 Å². The Morgan fingerprint density at radius 2 is 2.05 bits per heavy atom. The second-order valence-electron chi connectivity index (χ2n) is 4.76. The maximum absolute atomic E-state index is 5.80. The molecule has 4 heteroatoms. The molecule has 1 rings (SSSR count). The first-order chi connectivity index (χ1) is 9.33. The number of unbranched alkanes of at least 4 members (excludes halogenated alkanes) is 5. The molecule has 1 aromatic heterocycles. The molecule has 0 aliphatic carbocycles. The summed E-state index contributed by atoms with van der Waals surface area (Å²) in [6.45, 7) is 3.73. The Balaban J connectivity index is 2.05. The summed E-state index contributed by atoms with van der Waals surface area (Å²) >= 11 is 0. The second kappa shape index (κ2) is 10.4. The first-order valence-electron chi connectivity index (χ1n) is 7.25. The summed E-state index contributed by atoms with van der Waals surface area (Å²) < 4.78 is 0. The van der Waals surface area contributed by atoms with Crippen molar-refractivity contribution < 1.29 is 0 Å². The lowest BCUT2D eigenvalue weighted by Crippen LogP contribution is -2.32. The summed E-state index contributed by atoms with van der Waals surface area (Å²) in [5, 5.41) is 3.15. The van der Waals surface area contributed by atoms with E-state index in [1.165, 1.54) is 32.1 Å². The van der Waals surface area contributed by atoms with Gasteiger partial charge in [-0.15, -0.1) is 0 Å². The summed E-state index contributed by atoms with van der Waals surface area (Å²) in [6, 6.07) is 3.91. The Hall–Kier alpha value is -1.58. The summed E-state index contributed by atoms with van der Waals surface area (Å²) in [5.74, 6) is 0.525. The first-order valence-corrected chi connectivity index (χ1v) is 7.25. The number of rotatable bonds is 9. The van der Waals surface area contributed by atoms with Crippen LogP contribution in [0.2, 0.25) is 0 Å². The largest absolute Gasteiger partial charge is 0.370 e. The van der Waals surface area contributed by atoms with Crippen LogP contribution in [-0.4, -0.2) is 17.5 Å². The summed E-state index contributed by atoms with van der Waals surface area (Å²) in [5.41, 5.74) is 6.88. The van der Waals surface area contributed by atoms with E-state index in [4.69, 9.17) is 5.73 Å².